The molecule has 3 aromatic rings. The Kier molecular flexibility index (Phi) is 5.61. The van der Waals surface area contributed by atoms with Crippen molar-refractivity contribution in [3.8, 4) is 17.2 Å². The van der Waals surface area contributed by atoms with Crippen molar-refractivity contribution in [2.45, 2.75) is 12.8 Å². The number of ether oxygens (including phenoxy) is 1. The van der Waals surface area contributed by atoms with Gasteiger partial charge in [-0.25, -0.2) is 18.4 Å². The zero-order chi connectivity index (χ0) is 22.1. The lowest BCUT2D eigenvalue weighted by molar-refractivity contribution is -0.144. The highest BCUT2D eigenvalue weighted by atomic mass is 32.3. The van der Waals surface area contributed by atoms with Crippen molar-refractivity contribution in [3.05, 3.63) is 65.7 Å². The molecule has 0 unspecified atom stereocenters. The van der Waals surface area contributed by atoms with E-state index in [0.717, 1.165) is 24.3 Å². The maximum atomic E-state index is 14.3. The van der Waals surface area contributed by atoms with E-state index < -0.39 is 46.3 Å². The molecule has 1 heterocycles. The van der Waals surface area contributed by atoms with Gasteiger partial charge in [-0.15, -0.1) is 5.10 Å². The minimum Gasteiger partial charge on any atom is -0.489 e. The van der Waals surface area contributed by atoms with Gasteiger partial charge in [0.05, 0.1) is 11.3 Å². The van der Waals surface area contributed by atoms with Gasteiger partial charge in [-0.2, -0.15) is 21.6 Å². The zero-order valence-electron chi connectivity index (χ0n) is 14.4. The number of nitrogens with zero attached hydrogens (tertiary/aromatic N) is 3. The van der Waals surface area contributed by atoms with Crippen LogP contribution >= 0.6 is 0 Å². The Morgan fingerprint density at radius 1 is 1.00 bits per heavy atom. The highest BCUT2D eigenvalue weighted by Crippen LogP contribution is 2.27. The van der Waals surface area contributed by atoms with Crippen LogP contribution in [0.4, 0.5) is 25.8 Å². The molecule has 2 aromatic carbocycles. The first-order valence-electron chi connectivity index (χ1n) is 7.76. The molecule has 0 saturated carbocycles. The van der Waals surface area contributed by atoms with Crippen molar-refractivity contribution in [3.63, 3.8) is 0 Å². The Bertz CT molecular complexity index is 1140. The molecule has 7 nitrogen and oxygen atoms in total. The van der Waals surface area contributed by atoms with Gasteiger partial charge < -0.3 is 8.92 Å². The number of aromatic nitrogens is 3. The van der Waals surface area contributed by atoms with E-state index in [1.54, 1.807) is 0 Å². The third kappa shape index (κ3) is 5.20. The standard InChI is InChI=1S/C16H9F6N3O4S/c17-13-5-9(25-8-23-15(24-25)16(19,20)21)6-14(18)12(13)7-28-10-1-3-11(4-2-10)29-30(22,26)27/h1-6,8H,7H2. The van der Waals surface area contributed by atoms with Crippen LogP contribution in [0.2, 0.25) is 0 Å². The number of hydrogen-bond acceptors (Lipinski definition) is 6. The van der Waals surface area contributed by atoms with E-state index in [1.165, 1.54) is 12.1 Å². The Labute approximate surface area is 164 Å². The second-order valence-corrected chi connectivity index (χ2v) is 6.59. The summed E-state index contributed by atoms with van der Waals surface area (Å²) in [7, 11) is -5.20. The summed E-state index contributed by atoms with van der Waals surface area (Å²) >= 11 is 0. The van der Waals surface area contributed by atoms with Crippen molar-refractivity contribution in [1.82, 2.24) is 14.8 Å². The van der Waals surface area contributed by atoms with Crippen LogP contribution in [0.1, 0.15) is 11.4 Å². The van der Waals surface area contributed by atoms with Crippen LogP contribution in [0, 0.1) is 11.6 Å². The molecular formula is C16H9F6N3O4S. The Hall–Kier alpha value is -3.29. The SMILES string of the molecule is O=S(=O)(F)Oc1ccc(OCc2c(F)cc(-n3cnc(C(F)(F)F)n3)cc2F)cc1. The van der Waals surface area contributed by atoms with Crippen LogP contribution in [0.3, 0.4) is 0 Å². The number of benzene rings is 2. The molecule has 14 heteroatoms. The summed E-state index contributed by atoms with van der Waals surface area (Å²) in [5.74, 6) is -4.00. The Morgan fingerprint density at radius 3 is 2.07 bits per heavy atom. The molecule has 160 valence electrons. The highest BCUT2D eigenvalue weighted by Gasteiger charge is 2.36. The fraction of sp³-hybridized carbons (Fsp3) is 0.125. The smallest absolute Gasteiger partial charge is 0.488 e. The van der Waals surface area contributed by atoms with Gasteiger partial charge in [0.15, 0.2) is 0 Å². The minimum atomic E-state index is -5.20. The average Bonchev–Trinajstić information content (AvgIpc) is 3.11. The lowest BCUT2D eigenvalue weighted by atomic mass is 10.2. The minimum absolute atomic E-state index is 0.0487. The van der Waals surface area contributed by atoms with Crippen LogP contribution in [-0.2, 0) is 23.3 Å². The van der Waals surface area contributed by atoms with Gasteiger partial charge in [0, 0.05) is 12.1 Å². The van der Waals surface area contributed by atoms with Crippen LogP contribution in [0.5, 0.6) is 11.5 Å². The van der Waals surface area contributed by atoms with Gasteiger partial charge in [0.2, 0.25) is 0 Å². The summed E-state index contributed by atoms with van der Waals surface area (Å²) in [4.78, 5) is 3.04. The van der Waals surface area contributed by atoms with Crippen molar-refractivity contribution < 1.29 is 43.2 Å². The molecule has 0 spiro atoms. The van der Waals surface area contributed by atoms with Crippen LogP contribution in [-0.4, -0.2) is 23.2 Å². The van der Waals surface area contributed by atoms with E-state index >= 15 is 0 Å². The predicted octanol–water partition coefficient (Wildman–Crippen LogP) is 3.74. The van der Waals surface area contributed by atoms with E-state index in [1.807, 2.05) is 0 Å². The summed E-state index contributed by atoms with van der Waals surface area (Å²) in [5, 5.41) is 3.13. The van der Waals surface area contributed by atoms with Gasteiger partial charge in [-0.3, -0.25) is 0 Å². The van der Waals surface area contributed by atoms with Crippen molar-refractivity contribution in [2.24, 2.45) is 0 Å². The molecule has 0 N–H and O–H groups in total. The molecule has 0 saturated heterocycles. The summed E-state index contributed by atoms with van der Waals surface area (Å²) in [5.41, 5.74) is -0.854. The highest BCUT2D eigenvalue weighted by molar-refractivity contribution is 7.81. The fourth-order valence-corrected chi connectivity index (χ4v) is 2.58. The second kappa shape index (κ2) is 7.85. The van der Waals surface area contributed by atoms with Gasteiger partial charge in [0.1, 0.15) is 36.1 Å². The summed E-state index contributed by atoms with van der Waals surface area (Å²) < 4.78 is 109. The molecule has 0 amide bonds. The normalized spacial score (nSPS) is 12.1. The van der Waals surface area contributed by atoms with E-state index in [2.05, 4.69) is 14.3 Å². The number of hydrogen-bond donors (Lipinski definition) is 0. The molecule has 0 bridgehead atoms. The zero-order valence-corrected chi connectivity index (χ0v) is 15.2. The number of rotatable bonds is 6. The van der Waals surface area contributed by atoms with E-state index in [-0.39, 0.29) is 17.2 Å². The third-order valence-electron chi connectivity index (χ3n) is 3.54. The van der Waals surface area contributed by atoms with Crippen molar-refractivity contribution in [1.29, 1.82) is 0 Å². The molecule has 3 rings (SSSR count). The monoisotopic (exact) mass is 453 g/mol. The largest absolute Gasteiger partial charge is 0.489 e. The summed E-state index contributed by atoms with van der Waals surface area (Å²) in [6.45, 7) is -0.606. The van der Waals surface area contributed by atoms with Crippen LogP contribution in [0.15, 0.2) is 42.7 Å². The molecular weight excluding hydrogens is 444 g/mol. The van der Waals surface area contributed by atoms with E-state index in [4.69, 9.17) is 4.74 Å². The molecule has 0 aliphatic carbocycles. The maximum absolute atomic E-state index is 14.3. The second-order valence-electron chi connectivity index (χ2n) is 5.63. The Morgan fingerprint density at radius 2 is 1.57 bits per heavy atom. The van der Waals surface area contributed by atoms with Gasteiger partial charge in [-0.05, 0) is 24.3 Å². The average molecular weight is 453 g/mol. The van der Waals surface area contributed by atoms with Gasteiger partial charge >= 0.3 is 16.7 Å². The molecule has 0 fully saturated rings. The molecule has 0 radical (unpaired) electrons. The predicted molar refractivity (Wildman–Crippen MR) is 87.7 cm³/mol. The fourth-order valence-electron chi connectivity index (χ4n) is 2.24. The quantitative estimate of drug-likeness (QED) is 0.418. The first kappa shape index (κ1) is 21.4. The third-order valence-corrected chi connectivity index (χ3v) is 3.93. The molecule has 0 atom stereocenters. The van der Waals surface area contributed by atoms with Crippen molar-refractivity contribution >= 4 is 10.5 Å². The van der Waals surface area contributed by atoms with Gasteiger partial charge in [-0.1, -0.05) is 3.89 Å². The van der Waals surface area contributed by atoms with Crippen LogP contribution < -0.4 is 8.92 Å². The maximum Gasteiger partial charge on any atom is 0.488 e. The molecule has 0 aliphatic rings. The lowest BCUT2D eigenvalue weighted by Crippen LogP contribution is -2.09. The van der Waals surface area contributed by atoms with Crippen molar-refractivity contribution in [2.75, 3.05) is 0 Å². The van der Waals surface area contributed by atoms with E-state index in [9.17, 15) is 34.3 Å². The van der Waals surface area contributed by atoms with Crippen LogP contribution in [0.25, 0.3) is 5.69 Å². The topological polar surface area (TPSA) is 83.3 Å². The number of alkyl halides is 3. The molecule has 30 heavy (non-hydrogen) atoms. The molecule has 0 aliphatic heterocycles. The first-order chi connectivity index (χ1) is 13.9. The van der Waals surface area contributed by atoms with Gasteiger partial charge in [0.25, 0.3) is 5.82 Å². The Balaban J connectivity index is 1.74. The molecule has 1 aromatic heterocycles. The summed E-state index contributed by atoms with van der Waals surface area (Å²) in [6, 6.07) is 5.92. The van der Waals surface area contributed by atoms with E-state index in [0.29, 0.717) is 11.0 Å². The number of halogens is 6. The lowest BCUT2D eigenvalue weighted by Gasteiger charge is -2.10. The summed E-state index contributed by atoms with van der Waals surface area (Å²) in [6.07, 6.45) is -4.15. The first-order valence-corrected chi connectivity index (χ1v) is 9.07.